The molecule has 0 aliphatic carbocycles. The molecule has 0 atom stereocenters. The second-order valence-electron chi connectivity index (χ2n) is 5.43. The lowest BCUT2D eigenvalue weighted by atomic mass is 10.2. The Bertz CT molecular complexity index is 757. The minimum absolute atomic E-state index is 0.144. The lowest BCUT2D eigenvalue weighted by Gasteiger charge is -2.08. The Morgan fingerprint density at radius 3 is 2.48 bits per heavy atom. The quantitative estimate of drug-likeness (QED) is 0.549. The van der Waals surface area contributed by atoms with Crippen LogP contribution in [0.2, 0.25) is 0 Å². The van der Waals surface area contributed by atoms with Crippen molar-refractivity contribution in [3.8, 4) is 0 Å². The summed E-state index contributed by atoms with van der Waals surface area (Å²) in [5, 5.41) is 7.89. The van der Waals surface area contributed by atoms with E-state index in [1.807, 2.05) is 17.5 Å². The van der Waals surface area contributed by atoms with Gasteiger partial charge in [0.05, 0.1) is 4.90 Å². The molecule has 1 amide bonds. The van der Waals surface area contributed by atoms with Crippen molar-refractivity contribution in [3.05, 3.63) is 52.2 Å². The SMILES string of the molecule is CCCNCCNC(=O)c1ccc(S(=O)(=O)NCc2cccs2)cc1. The van der Waals surface area contributed by atoms with Gasteiger partial charge in [-0.3, -0.25) is 4.79 Å². The molecule has 6 nitrogen and oxygen atoms in total. The molecule has 0 fully saturated rings. The highest BCUT2D eigenvalue weighted by molar-refractivity contribution is 7.89. The van der Waals surface area contributed by atoms with Gasteiger partial charge in [0.2, 0.25) is 10.0 Å². The average molecular weight is 382 g/mol. The van der Waals surface area contributed by atoms with Crippen LogP contribution in [0.1, 0.15) is 28.6 Å². The molecule has 0 radical (unpaired) electrons. The number of amides is 1. The summed E-state index contributed by atoms with van der Waals surface area (Å²) in [7, 11) is -3.59. The zero-order valence-electron chi connectivity index (χ0n) is 14.1. The molecule has 0 spiro atoms. The van der Waals surface area contributed by atoms with Gasteiger partial charge in [0.25, 0.3) is 5.91 Å². The Balaban J connectivity index is 1.88. The van der Waals surface area contributed by atoms with Crippen molar-refractivity contribution in [2.45, 2.75) is 24.8 Å². The second kappa shape index (κ2) is 9.67. The van der Waals surface area contributed by atoms with Crippen molar-refractivity contribution in [2.24, 2.45) is 0 Å². The van der Waals surface area contributed by atoms with Crippen molar-refractivity contribution in [3.63, 3.8) is 0 Å². The highest BCUT2D eigenvalue weighted by atomic mass is 32.2. The Labute approximate surface area is 152 Å². The van der Waals surface area contributed by atoms with Crippen LogP contribution >= 0.6 is 11.3 Å². The number of carbonyl (C=O) groups excluding carboxylic acids is 1. The molecule has 3 N–H and O–H groups in total. The molecule has 0 saturated heterocycles. The summed E-state index contributed by atoms with van der Waals surface area (Å²) in [5.74, 6) is -0.214. The van der Waals surface area contributed by atoms with Crippen molar-refractivity contribution in [2.75, 3.05) is 19.6 Å². The second-order valence-corrected chi connectivity index (χ2v) is 8.23. The molecule has 136 valence electrons. The van der Waals surface area contributed by atoms with Gasteiger partial charge in [-0.05, 0) is 48.7 Å². The van der Waals surface area contributed by atoms with E-state index in [2.05, 4.69) is 22.3 Å². The monoisotopic (exact) mass is 381 g/mol. The normalized spacial score (nSPS) is 11.4. The molecule has 1 aromatic carbocycles. The average Bonchev–Trinajstić information content (AvgIpc) is 3.13. The summed E-state index contributed by atoms with van der Waals surface area (Å²) in [4.78, 5) is 13.1. The van der Waals surface area contributed by atoms with Crippen molar-refractivity contribution >= 4 is 27.3 Å². The molecule has 0 unspecified atom stereocenters. The predicted molar refractivity (Wildman–Crippen MR) is 100 cm³/mol. The first kappa shape index (κ1) is 19.6. The minimum atomic E-state index is -3.59. The first-order valence-electron chi connectivity index (χ1n) is 8.14. The van der Waals surface area contributed by atoms with E-state index in [4.69, 9.17) is 0 Å². The third-order valence-electron chi connectivity index (χ3n) is 3.46. The fourth-order valence-corrected chi connectivity index (χ4v) is 3.86. The number of rotatable bonds is 10. The number of hydrogen-bond donors (Lipinski definition) is 3. The molecule has 0 saturated carbocycles. The smallest absolute Gasteiger partial charge is 0.251 e. The van der Waals surface area contributed by atoms with Crippen molar-refractivity contribution < 1.29 is 13.2 Å². The van der Waals surface area contributed by atoms with Crippen molar-refractivity contribution in [1.29, 1.82) is 0 Å². The van der Waals surface area contributed by atoms with Gasteiger partial charge in [-0.15, -0.1) is 11.3 Å². The van der Waals surface area contributed by atoms with Crippen LogP contribution in [0, 0.1) is 0 Å². The lowest BCUT2D eigenvalue weighted by molar-refractivity contribution is 0.0954. The van der Waals surface area contributed by atoms with Crippen LogP contribution in [0.25, 0.3) is 0 Å². The van der Waals surface area contributed by atoms with E-state index in [1.54, 1.807) is 0 Å². The fraction of sp³-hybridized carbons (Fsp3) is 0.353. The molecule has 1 heterocycles. The van der Waals surface area contributed by atoms with E-state index in [0.29, 0.717) is 18.7 Å². The Morgan fingerprint density at radius 1 is 1.08 bits per heavy atom. The lowest BCUT2D eigenvalue weighted by Crippen LogP contribution is -2.32. The molecule has 1 aromatic heterocycles. The van der Waals surface area contributed by atoms with E-state index in [0.717, 1.165) is 17.8 Å². The fourth-order valence-electron chi connectivity index (χ4n) is 2.12. The minimum Gasteiger partial charge on any atom is -0.351 e. The first-order chi connectivity index (χ1) is 12.0. The number of hydrogen-bond acceptors (Lipinski definition) is 5. The highest BCUT2D eigenvalue weighted by Gasteiger charge is 2.15. The summed E-state index contributed by atoms with van der Waals surface area (Å²) in [6, 6.07) is 9.68. The summed E-state index contributed by atoms with van der Waals surface area (Å²) in [5.41, 5.74) is 0.438. The molecule has 2 rings (SSSR count). The maximum Gasteiger partial charge on any atom is 0.251 e. The molecule has 2 aromatic rings. The maximum absolute atomic E-state index is 12.3. The molecular formula is C17H23N3O3S2. The first-order valence-corrected chi connectivity index (χ1v) is 10.5. The van der Waals surface area contributed by atoms with Gasteiger partial charge >= 0.3 is 0 Å². The van der Waals surface area contributed by atoms with E-state index in [-0.39, 0.29) is 17.3 Å². The zero-order valence-corrected chi connectivity index (χ0v) is 15.8. The largest absolute Gasteiger partial charge is 0.351 e. The molecule has 0 bridgehead atoms. The predicted octanol–water partition coefficient (Wildman–Crippen LogP) is 1.96. The number of benzene rings is 1. The third-order valence-corrected chi connectivity index (χ3v) is 5.75. The van der Waals surface area contributed by atoms with Crippen LogP contribution in [0.15, 0.2) is 46.7 Å². The summed E-state index contributed by atoms with van der Waals surface area (Å²) in [6.45, 7) is 4.49. The van der Waals surface area contributed by atoms with Crippen LogP contribution in [0.5, 0.6) is 0 Å². The van der Waals surface area contributed by atoms with Gasteiger partial charge < -0.3 is 10.6 Å². The van der Waals surface area contributed by atoms with Gasteiger partial charge in [-0.25, -0.2) is 13.1 Å². The van der Waals surface area contributed by atoms with E-state index in [1.165, 1.54) is 35.6 Å². The number of sulfonamides is 1. The van der Waals surface area contributed by atoms with E-state index >= 15 is 0 Å². The molecule has 0 aliphatic heterocycles. The van der Waals surface area contributed by atoms with Gasteiger partial charge in [-0.1, -0.05) is 13.0 Å². The van der Waals surface area contributed by atoms with Gasteiger partial charge in [0.1, 0.15) is 0 Å². The molecule has 8 heteroatoms. The summed E-state index contributed by atoms with van der Waals surface area (Å²) in [6.07, 6.45) is 1.05. The zero-order chi connectivity index (χ0) is 18.1. The highest BCUT2D eigenvalue weighted by Crippen LogP contribution is 2.13. The Kier molecular flexibility index (Phi) is 7.57. The number of carbonyl (C=O) groups is 1. The van der Waals surface area contributed by atoms with Crippen LogP contribution < -0.4 is 15.4 Å². The van der Waals surface area contributed by atoms with E-state index in [9.17, 15) is 13.2 Å². The van der Waals surface area contributed by atoms with Gasteiger partial charge in [-0.2, -0.15) is 0 Å². The molecule has 0 aliphatic rings. The Hall–Kier alpha value is -1.74. The maximum atomic E-state index is 12.3. The van der Waals surface area contributed by atoms with Gasteiger partial charge in [0.15, 0.2) is 0 Å². The van der Waals surface area contributed by atoms with Crippen LogP contribution in [0.3, 0.4) is 0 Å². The van der Waals surface area contributed by atoms with Crippen LogP contribution in [-0.2, 0) is 16.6 Å². The summed E-state index contributed by atoms with van der Waals surface area (Å²) < 4.78 is 27.1. The van der Waals surface area contributed by atoms with Gasteiger partial charge in [0, 0.05) is 30.1 Å². The number of nitrogens with one attached hydrogen (secondary N) is 3. The van der Waals surface area contributed by atoms with Crippen LogP contribution in [-0.4, -0.2) is 34.0 Å². The molecular weight excluding hydrogens is 358 g/mol. The van der Waals surface area contributed by atoms with Crippen molar-refractivity contribution in [1.82, 2.24) is 15.4 Å². The topological polar surface area (TPSA) is 87.3 Å². The number of thiophene rings is 1. The van der Waals surface area contributed by atoms with Crippen LogP contribution in [0.4, 0.5) is 0 Å². The van der Waals surface area contributed by atoms with E-state index < -0.39 is 10.0 Å². The molecule has 25 heavy (non-hydrogen) atoms. The third kappa shape index (κ3) is 6.24. The Morgan fingerprint density at radius 2 is 1.84 bits per heavy atom. The standard InChI is InChI=1S/C17H23N3O3S2/c1-2-9-18-10-11-19-17(21)14-5-7-16(8-6-14)25(22,23)20-13-15-4-3-12-24-15/h3-8,12,18,20H,2,9-11,13H2,1H3,(H,19,21). The summed E-state index contributed by atoms with van der Waals surface area (Å²) >= 11 is 1.49.